The summed E-state index contributed by atoms with van der Waals surface area (Å²) in [5, 5.41) is 17.7. The summed E-state index contributed by atoms with van der Waals surface area (Å²) in [6.45, 7) is 1.96. The van der Waals surface area contributed by atoms with E-state index in [4.69, 9.17) is 21.8 Å². The Kier molecular flexibility index (Phi) is 4.92. The topological polar surface area (TPSA) is 94.0 Å². The molecule has 138 valence electrons. The lowest BCUT2D eigenvalue weighted by molar-refractivity contribution is 1.01. The normalized spacial score (nSPS) is 11.3. The number of aromatic amines is 2. The highest BCUT2D eigenvalue weighted by Gasteiger charge is 2.11. The first-order chi connectivity index (χ1) is 13.6. The molecule has 0 fully saturated rings. The van der Waals surface area contributed by atoms with E-state index in [0.29, 0.717) is 17.9 Å². The van der Waals surface area contributed by atoms with E-state index in [1.807, 2.05) is 43.3 Å². The quantitative estimate of drug-likeness (QED) is 0.506. The van der Waals surface area contributed by atoms with Gasteiger partial charge in [-0.2, -0.15) is 10.4 Å². The van der Waals surface area contributed by atoms with E-state index < -0.39 is 0 Å². The van der Waals surface area contributed by atoms with Crippen molar-refractivity contribution in [2.24, 2.45) is 0 Å². The largest absolute Gasteiger partial charge is 0.343 e. The van der Waals surface area contributed by atoms with Crippen LogP contribution in [0.25, 0.3) is 34.4 Å². The molecule has 2 N–H and O–H groups in total. The van der Waals surface area contributed by atoms with E-state index in [1.54, 1.807) is 12.5 Å². The molecule has 0 aliphatic heterocycles. The Morgan fingerprint density at radius 2 is 2.11 bits per heavy atom. The molecule has 4 rings (SSSR count). The standard InChI is InChI=1S/C21H17ClN6/c1-13-7-16(28-27-13)5-4-14-9-20(21-11-24-12-25-21)26-19-10-18(22)15(3-2-6-23)8-17(14)19/h4-5,7-12H,2-3H2,1H3,(H,24,25)(H,27,28)/b5-4+. The summed E-state index contributed by atoms with van der Waals surface area (Å²) >= 11 is 6.44. The van der Waals surface area contributed by atoms with Crippen molar-refractivity contribution in [3.05, 3.63) is 64.3 Å². The van der Waals surface area contributed by atoms with Crippen molar-refractivity contribution in [2.75, 3.05) is 0 Å². The van der Waals surface area contributed by atoms with Crippen LogP contribution in [-0.2, 0) is 6.42 Å². The predicted molar refractivity (Wildman–Crippen MR) is 111 cm³/mol. The fourth-order valence-electron chi connectivity index (χ4n) is 3.07. The van der Waals surface area contributed by atoms with E-state index in [0.717, 1.165) is 44.8 Å². The lowest BCUT2D eigenvalue weighted by Gasteiger charge is -2.10. The molecule has 0 atom stereocenters. The summed E-state index contributed by atoms with van der Waals surface area (Å²) in [7, 11) is 0. The number of hydrogen-bond donors (Lipinski definition) is 2. The van der Waals surface area contributed by atoms with Crippen LogP contribution in [0.5, 0.6) is 0 Å². The number of H-pyrrole nitrogens is 2. The molecule has 0 amide bonds. The van der Waals surface area contributed by atoms with Crippen LogP contribution in [0.3, 0.4) is 0 Å². The number of fused-ring (bicyclic) bond motifs is 1. The van der Waals surface area contributed by atoms with Gasteiger partial charge in [-0.25, -0.2) is 9.97 Å². The number of benzene rings is 1. The zero-order valence-corrected chi connectivity index (χ0v) is 16.0. The van der Waals surface area contributed by atoms with Gasteiger partial charge in [-0.15, -0.1) is 0 Å². The first-order valence-electron chi connectivity index (χ1n) is 8.83. The molecule has 0 unspecified atom stereocenters. The zero-order chi connectivity index (χ0) is 19.5. The first-order valence-corrected chi connectivity index (χ1v) is 9.21. The number of halogens is 1. The minimum absolute atomic E-state index is 0.419. The number of pyridine rings is 1. The predicted octanol–water partition coefficient (Wildman–Crippen LogP) is 4.94. The van der Waals surface area contributed by atoms with E-state index in [1.165, 1.54) is 0 Å². The number of rotatable bonds is 5. The molecule has 0 aliphatic carbocycles. The number of nitrogens with one attached hydrogen (secondary N) is 2. The number of nitriles is 1. The fourth-order valence-corrected chi connectivity index (χ4v) is 3.32. The number of hydrogen-bond acceptors (Lipinski definition) is 4. The summed E-state index contributed by atoms with van der Waals surface area (Å²) in [5.74, 6) is 0. The number of imidazole rings is 1. The van der Waals surface area contributed by atoms with Crippen LogP contribution in [0, 0.1) is 18.3 Å². The Morgan fingerprint density at radius 3 is 2.82 bits per heavy atom. The lowest BCUT2D eigenvalue weighted by atomic mass is 10.0. The molecular formula is C21H17ClN6. The van der Waals surface area contributed by atoms with Crippen molar-refractivity contribution in [3.8, 4) is 17.5 Å². The maximum absolute atomic E-state index is 8.90. The van der Waals surface area contributed by atoms with Crippen LogP contribution >= 0.6 is 11.6 Å². The summed E-state index contributed by atoms with van der Waals surface area (Å²) < 4.78 is 0. The highest BCUT2D eigenvalue weighted by atomic mass is 35.5. The Morgan fingerprint density at radius 1 is 1.21 bits per heavy atom. The summed E-state index contributed by atoms with van der Waals surface area (Å²) in [5.41, 5.74) is 6.19. The van der Waals surface area contributed by atoms with Gasteiger partial charge in [0.15, 0.2) is 0 Å². The smallest absolute Gasteiger partial charge is 0.0924 e. The lowest BCUT2D eigenvalue weighted by Crippen LogP contribution is -1.93. The van der Waals surface area contributed by atoms with Gasteiger partial charge in [0.25, 0.3) is 0 Å². The van der Waals surface area contributed by atoms with Crippen molar-refractivity contribution in [1.29, 1.82) is 5.26 Å². The third-order valence-electron chi connectivity index (χ3n) is 4.45. The van der Waals surface area contributed by atoms with Crippen LogP contribution in [0.2, 0.25) is 5.02 Å². The minimum atomic E-state index is 0.419. The van der Waals surface area contributed by atoms with E-state index in [9.17, 15) is 0 Å². The average Bonchev–Trinajstić information content (AvgIpc) is 3.36. The van der Waals surface area contributed by atoms with Crippen LogP contribution < -0.4 is 0 Å². The van der Waals surface area contributed by atoms with E-state index in [-0.39, 0.29) is 0 Å². The number of nitrogens with zero attached hydrogens (tertiary/aromatic N) is 4. The van der Waals surface area contributed by atoms with Gasteiger partial charge in [-0.3, -0.25) is 5.10 Å². The summed E-state index contributed by atoms with van der Waals surface area (Å²) in [6, 6.07) is 10.0. The van der Waals surface area contributed by atoms with E-state index in [2.05, 4.69) is 26.2 Å². The van der Waals surface area contributed by atoms with Crippen LogP contribution in [0.1, 0.15) is 28.9 Å². The maximum atomic E-state index is 8.90. The van der Waals surface area contributed by atoms with Gasteiger partial charge >= 0.3 is 0 Å². The maximum Gasteiger partial charge on any atom is 0.0924 e. The number of aryl methyl sites for hydroxylation is 2. The second-order valence-corrected chi connectivity index (χ2v) is 6.90. The average molecular weight is 389 g/mol. The Hall–Kier alpha value is -3.43. The van der Waals surface area contributed by atoms with Gasteiger partial charge in [-0.05, 0) is 54.8 Å². The molecule has 0 saturated heterocycles. The van der Waals surface area contributed by atoms with Gasteiger partial charge in [0.2, 0.25) is 0 Å². The fraction of sp³-hybridized carbons (Fsp3) is 0.143. The number of aromatic nitrogens is 5. The zero-order valence-electron chi connectivity index (χ0n) is 15.2. The van der Waals surface area contributed by atoms with Crippen molar-refractivity contribution in [2.45, 2.75) is 19.8 Å². The van der Waals surface area contributed by atoms with Crippen molar-refractivity contribution in [1.82, 2.24) is 25.1 Å². The second kappa shape index (κ2) is 7.67. The highest BCUT2D eigenvalue weighted by Crippen LogP contribution is 2.30. The summed E-state index contributed by atoms with van der Waals surface area (Å²) in [6.07, 6.45) is 8.36. The molecule has 6 nitrogen and oxygen atoms in total. The SMILES string of the molecule is Cc1cc(/C=C/c2cc(-c3cnc[nH]3)nc3cc(Cl)c(CCC#N)cc23)n[nH]1. The molecule has 0 aliphatic rings. The highest BCUT2D eigenvalue weighted by molar-refractivity contribution is 6.32. The molecule has 28 heavy (non-hydrogen) atoms. The monoisotopic (exact) mass is 388 g/mol. The Bertz CT molecular complexity index is 1200. The van der Waals surface area contributed by atoms with Crippen LogP contribution in [0.15, 0.2) is 36.8 Å². The molecule has 7 heteroatoms. The Labute approximate surface area is 166 Å². The van der Waals surface area contributed by atoms with Gasteiger partial charge in [0.05, 0.1) is 41.2 Å². The van der Waals surface area contributed by atoms with Crippen molar-refractivity contribution in [3.63, 3.8) is 0 Å². The molecule has 4 aromatic rings. The van der Waals surface area contributed by atoms with Gasteiger partial charge in [0.1, 0.15) is 0 Å². The minimum Gasteiger partial charge on any atom is -0.343 e. The molecule has 0 bridgehead atoms. The Balaban J connectivity index is 1.87. The molecule has 3 aromatic heterocycles. The molecule has 1 aromatic carbocycles. The molecule has 0 radical (unpaired) electrons. The van der Waals surface area contributed by atoms with Crippen LogP contribution in [-0.4, -0.2) is 25.1 Å². The molecule has 0 saturated carbocycles. The third-order valence-corrected chi connectivity index (χ3v) is 4.80. The van der Waals surface area contributed by atoms with Gasteiger partial charge < -0.3 is 4.98 Å². The molecular weight excluding hydrogens is 372 g/mol. The van der Waals surface area contributed by atoms with Crippen molar-refractivity contribution < 1.29 is 0 Å². The molecule has 0 spiro atoms. The second-order valence-electron chi connectivity index (χ2n) is 6.49. The summed E-state index contributed by atoms with van der Waals surface area (Å²) in [4.78, 5) is 11.9. The van der Waals surface area contributed by atoms with Crippen LogP contribution in [0.4, 0.5) is 0 Å². The molecule has 3 heterocycles. The van der Waals surface area contributed by atoms with E-state index >= 15 is 0 Å². The van der Waals surface area contributed by atoms with Gasteiger partial charge in [0, 0.05) is 22.5 Å². The van der Waals surface area contributed by atoms with Gasteiger partial charge in [-0.1, -0.05) is 17.7 Å². The van der Waals surface area contributed by atoms with Crippen molar-refractivity contribution >= 4 is 34.7 Å². The first kappa shape index (κ1) is 18.0. The third kappa shape index (κ3) is 3.66.